The topological polar surface area (TPSA) is 58.3 Å². The van der Waals surface area contributed by atoms with Gasteiger partial charge in [-0.15, -0.1) is 0 Å². The molecule has 3 nitrogen and oxygen atoms in total. The summed E-state index contributed by atoms with van der Waals surface area (Å²) in [5, 5.41) is 13.5. The van der Waals surface area contributed by atoms with Gasteiger partial charge in [0.05, 0.1) is 5.60 Å². The van der Waals surface area contributed by atoms with Crippen molar-refractivity contribution in [2.75, 3.05) is 18.8 Å². The maximum Gasteiger partial charge on any atom is 0.0812 e. The average Bonchev–Trinajstić information content (AvgIpc) is 2.18. The molecule has 1 saturated heterocycles. The molecule has 15 heavy (non-hydrogen) atoms. The number of hydrogen-bond donors (Lipinski definition) is 3. The van der Waals surface area contributed by atoms with Gasteiger partial charge in [0.15, 0.2) is 0 Å². The second kappa shape index (κ2) is 4.21. The number of nitrogens with two attached hydrogens (primary N) is 1. The van der Waals surface area contributed by atoms with Gasteiger partial charge in [-0.05, 0) is 37.1 Å². The Morgan fingerprint density at radius 1 is 1.47 bits per heavy atom. The second-order valence-corrected chi connectivity index (χ2v) is 4.43. The summed E-state index contributed by atoms with van der Waals surface area (Å²) in [6.07, 6.45) is 2.60. The summed E-state index contributed by atoms with van der Waals surface area (Å²) in [5.41, 5.74) is 6.99. The van der Waals surface area contributed by atoms with Gasteiger partial charge in [0.25, 0.3) is 0 Å². The standard InChI is InChI=1S/C12H18N2O/c13-11-4-1-3-10(7-11)8-12(15)5-2-6-14-9-12/h1,3-4,7,14-15H,2,5-6,8-9,13H2. The lowest BCUT2D eigenvalue weighted by Gasteiger charge is -2.32. The van der Waals surface area contributed by atoms with Crippen LogP contribution in [0.1, 0.15) is 18.4 Å². The Labute approximate surface area is 90.3 Å². The highest BCUT2D eigenvalue weighted by Crippen LogP contribution is 2.22. The van der Waals surface area contributed by atoms with Gasteiger partial charge < -0.3 is 16.2 Å². The zero-order chi connectivity index (χ0) is 10.7. The Morgan fingerprint density at radius 2 is 2.33 bits per heavy atom. The van der Waals surface area contributed by atoms with Gasteiger partial charge in [-0.3, -0.25) is 0 Å². The van der Waals surface area contributed by atoms with Crippen LogP contribution in [-0.4, -0.2) is 23.8 Å². The van der Waals surface area contributed by atoms with E-state index in [4.69, 9.17) is 5.73 Å². The van der Waals surface area contributed by atoms with Crippen molar-refractivity contribution in [1.29, 1.82) is 0 Å². The van der Waals surface area contributed by atoms with Gasteiger partial charge in [-0.1, -0.05) is 12.1 Å². The maximum absolute atomic E-state index is 10.3. The van der Waals surface area contributed by atoms with E-state index in [-0.39, 0.29) is 0 Å². The summed E-state index contributed by atoms with van der Waals surface area (Å²) in [6.45, 7) is 1.70. The van der Waals surface area contributed by atoms with Crippen molar-refractivity contribution in [3.8, 4) is 0 Å². The Kier molecular flexibility index (Phi) is 2.93. The number of benzene rings is 1. The molecule has 4 N–H and O–H groups in total. The molecule has 1 fully saturated rings. The SMILES string of the molecule is Nc1cccc(CC2(O)CCCNC2)c1. The van der Waals surface area contributed by atoms with Gasteiger partial charge >= 0.3 is 0 Å². The molecule has 1 atom stereocenters. The summed E-state index contributed by atoms with van der Waals surface area (Å²) >= 11 is 0. The van der Waals surface area contributed by atoms with E-state index in [9.17, 15) is 5.11 Å². The van der Waals surface area contributed by atoms with Crippen LogP contribution in [0.4, 0.5) is 5.69 Å². The molecule has 0 saturated carbocycles. The maximum atomic E-state index is 10.3. The third-order valence-electron chi connectivity index (χ3n) is 2.93. The Morgan fingerprint density at radius 3 is 3.00 bits per heavy atom. The monoisotopic (exact) mass is 206 g/mol. The van der Waals surface area contributed by atoms with E-state index in [0.29, 0.717) is 13.0 Å². The number of aliphatic hydroxyl groups is 1. The molecule has 0 radical (unpaired) electrons. The molecule has 1 aromatic carbocycles. The van der Waals surface area contributed by atoms with Crippen LogP contribution in [0.5, 0.6) is 0 Å². The largest absolute Gasteiger partial charge is 0.399 e. The van der Waals surface area contributed by atoms with Crippen LogP contribution in [0.25, 0.3) is 0 Å². The van der Waals surface area contributed by atoms with Crippen molar-refractivity contribution in [2.45, 2.75) is 24.9 Å². The summed E-state index contributed by atoms with van der Waals surface area (Å²) in [4.78, 5) is 0. The second-order valence-electron chi connectivity index (χ2n) is 4.43. The number of β-amino-alcohol motifs (C(OH)–C–C–N with tert-alkyl or cyclic N) is 1. The van der Waals surface area contributed by atoms with Crippen molar-refractivity contribution in [3.63, 3.8) is 0 Å². The lowest BCUT2D eigenvalue weighted by Crippen LogP contribution is -2.47. The first-order valence-corrected chi connectivity index (χ1v) is 5.45. The van der Waals surface area contributed by atoms with Crippen molar-refractivity contribution in [3.05, 3.63) is 29.8 Å². The van der Waals surface area contributed by atoms with E-state index in [1.807, 2.05) is 24.3 Å². The number of anilines is 1. The van der Waals surface area contributed by atoms with Crippen LogP contribution in [0.15, 0.2) is 24.3 Å². The van der Waals surface area contributed by atoms with Gasteiger partial charge in [-0.25, -0.2) is 0 Å². The van der Waals surface area contributed by atoms with E-state index < -0.39 is 5.60 Å². The van der Waals surface area contributed by atoms with Crippen LogP contribution >= 0.6 is 0 Å². The van der Waals surface area contributed by atoms with E-state index >= 15 is 0 Å². The molecule has 0 aromatic heterocycles. The van der Waals surface area contributed by atoms with Crippen LogP contribution < -0.4 is 11.1 Å². The van der Waals surface area contributed by atoms with Gasteiger partial charge in [0.1, 0.15) is 0 Å². The average molecular weight is 206 g/mol. The minimum atomic E-state index is -0.591. The highest BCUT2D eigenvalue weighted by atomic mass is 16.3. The zero-order valence-electron chi connectivity index (χ0n) is 8.87. The van der Waals surface area contributed by atoms with Gasteiger partial charge in [-0.2, -0.15) is 0 Å². The molecule has 1 unspecified atom stereocenters. The van der Waals surface area contributed by atoms with Crippen molar-refractivity contribution in [1.82, 2.24) is 5.32 Å². The van der Waals surface area contributed by atoms with Crippen LogP contribution in [0.2, 0.25) is 0 Å². The molecule has 3 heteroatoms. The summed E-state index contributed by atoms with van der Waals surface area (Å²) in [5.74, 6) is 0. The lowest BCUT2D eigenvalue weighted by atomic mass is 9.87. The van der Waals surface area contributed by atoms with Gasteiger partial charge in [0.2, 0.25) is 0 Å². The van der Waals surface area contributed by atoms with E-state index in [0.717, 1.165) is 30.6 Å². The quantitative estimate of drug-likeness (QED) is 0.631. The number of rotatable bonds is 2. The molecule has 0 spiro atoms. The van der Waals surface area contributed by atoms with Crippen molar-refractivity contribution < 1.29 is 5.11 Å². The zero-order valence-corrected chi connectivity index (χ0v) is 8.87. The first-order chi connectivity index (χ1) is 7.18. The minimum Gasteiger partial charge on any atom is -0.399 e. The summed E-state index contributed by atoms with van der Waals surface area (Å²) < 4.78 is 0. The molecule has 0 bridgehead atoms. The fourth-order valence-corrected chi connectivity index (χ4v) is 2.19. The summed E-state index contributed by atoms with van der Waals surface area (Å²) in [6, 6.07) is 7.76. The fourth-order valence-electron chi connectivity index (χ4n) is 2.19. The Hall–Kier alpha value is -1.06. The summed E-state index contributed by atoms with van der Waals surface area (Å²) in [7, 11) is 0. The highest BCUT2D eigenvalue weighted by Gasteiger charge is 2.29. The van der Waals surface area contributed by atoms with Crippen LogP contribution in [-0.2, 0) is 6.42 Å². The number of piperidine rings is 1. The van der Waals surface area contributed by atoms with Crippen LogP contribution in [0.3, 0.4) is 0 Å². The number of nitrogens with one attached hydrogen (secondary N) is 1. The molecular formula is C12H18N2O. The molecule has 1 aliphatic heterocycles. The minimum absolute atomic E-state index is 0.591. The first-order valence-electron chi connectivity index (χ1n) is 5.45. The molecule has 2 rings (SSSR count). The lowest BCUT2D eigenvalue weighted by molar-refractivity contribution is 0.0170. The molecular weight excluding hydrogens is 188 g/mol. The number of nitrogen functional groups attached to an aromatic ring is 1. The molecule has 1 heterocycles. The fraction of sp³-hybridized carbons (Fsp3) is 0.500. The highest BCUT2D eigenvalue weighted by molar-refractivity contribution is 5.41. The smallest absolute Gasteiger partial charge is 0.0812 e. The molecule has 1 aliphatic rings. The predicted octanol–water partition coefficient (Wildman–Crippen LogP) is 0.926. The Bertz CT molecular complexity index is 332. The van der Waals surface area contributed by atoms with Crippen molar-refractivity contribution in [2.24, 2.45) is 0 Å². The van der Waals surface area contributed by atoms with E-state index in [1.54, 1.807) is 0 Å². The van der Waals surface area contributed by atoms with Gasteiger partial charge in [0, 0.05) is 18.7 Å². The molecule has 82 valence electrons. The molecule has 0 aliphatic carbocycles. The van der Waals surface area contributed by atoms with Crippen LogP contribution in [0, 0.1) is 0 Å². The van der Waals surface area contributed by atoms with E-state index in [2.05, 4.69) is 5.32 Å². The third kappa shape index (κ3) is 2.70. The Balaban J connectivity index is 2.06. The normalized spacial score (nSPS) is 26.5. The van der Waals surface area contributed by atoms with Crippen molar-refractivity contribution >= 4 is 5.69 Å². The third-order valence-corrected chi connectivity index (χ3v) is 2.93. The first kappa shape index (κ1) is 10.5. The predicted molar refractivity (Wildman–Crippen MR) is 61.6 cm³/mol. The molecule has 0 amide bonds. The van der Waals surface area contributed by atoms with E-state index in [1.165, 1.54) is 0 Å². The number of hydrogen-bond acceptors (Lipinski definition) is 3. The molecule has 1 aromatic rings.